The van der Waals surface area contributed by atoms with Gasteiger partial charge in [0.1, 0.15) is 18.1 Å². The van der Waals surface area contributed by atoms with Gasteiger partial charge in [-0.05, 0) is 6.07 Å². The minimum Gasteiger partial charge on any atom is -0.507 e. The molecule has 1 saturated heterocycles. The number of carbonyl (C=O) groups excluding carboxylic acids is 2. The molecule has 0 saturated carbocycles. The van der Waals surface area contributed by atoms with E-state index < -0.39 is 5.78 Å². The minimum absolute atomic E-state index is 0. The van der Waals surface area contributed by atoms with Crippen molar-refractivity contribution in [2.75, 3.05) is 39.5 Å². The summed E-state index contributed by atoms with van der Waals surface area (Å²) in [5, 5.41) is 10.6. The van der Waals surface area contributed by atoms with E-state index in [0.717, 1.165) is 13.1 Å². The smallest absolute Gasteiger partial charge is 0.198 e. The maximum Gasteiger partial charge on any atom is 0.198 e. The number of nitrogens with two attached hydrogens (primary N) is 1. The standard InChI is InChI=1S/C21H22N2O5.2ClH/c22-12-13-11-16(28-10-7-23-5-8-27-9-6-23)17-18(19(13)24)21(26)15-4-2-1-3-14(15)20(17)25;;/h1-4,11,24H,5-10,12,22H2;2*1H. The summed E-state index contributed by atoms with van der Waals surface area (Å²) in [6.45, 7) is 4.10. The molecule has 2 aromatic carbocycles. The molecule has 162 valence electrons. The van der Waals surface area contributed by atoms with E-state index in [-0.39, 0.29) is 65.3 Å². The largest absolute Gasteiger partial charge is 0.507 e. The summed E-state index contributed by atoms with van der Waals surface area (Å²) < 4.78 is 11.3. The monoisotopic (exact) mass is 454 g/mol. The molecule has 2 aromatic rings. The number of carbonyl (C=O) groups is 2. The van der Waals surface area contributed by atoms with Crippen molar-refractivity contribution >= 4 is 36.4 Å². The zero-order valence-corrected chi connectivity index (χ0v) is 17.9. The molecule has 0 amide bonds. The van der Waals surface area contributed by atoms with Gasteiger partial charge in [-0.15, -0.1) is 24.8 Å². The molecule has 1 aliphatic carbocycles. The van der Waals surface area contributed by atoms with E-state index in [1.54, 1.807) is 30.3 Å². The van der Waals surface area contributed by atoms with Gasteiger partial charge in [0.05, 0.1) is 24.3 Å². The Balaban J connectivity index is 0.00000160. The molecule has 0 spiro atoms. The lowest BCUT2D eigenvalue weighted by atomic mass is 9.82. The maximum atomic E-state index is 13.1. The molecule has 1 heterocycles. The number of phenolic OH excluding ortho intramolecular Hbond substituents is 1. The molecule has 9 heteroatoms. The van der Waals surface area contributed by atoms with Crippen LogP contribution in [0.15, 0.2) is 30.3 Å². The number of phenols is 1. The Hall–Kier alpha value is -2.16. The van der Waals surface area contributed by atoms with Gasteiger partial charge in [-0.25, -0.2) is 0 Å². The van der Waals surface area contributed by atoms with Crippen LogP contribution in [0, 0.1) is 0 Å². The predicted octanol–water partition coefficient (Wildman–Crippen LogP) is 2.18. The summed E-state index contributed by atoms with van der Waals surface area (Å²) in [5.74, 6) is -0.679. The highest BCUT2D eigenvalue weighted by Gasteiger charge is 2.35. The summed E-state index contributed by atoms with van der Waals surface area (Å²) in [7, 11) is 0. The number of morpholine rings is 1. The number of hydrogen-bond acceptors (Lipinski definition) is 7. The number of fused-ring (bicyclic) bond motifs is 2. The SMILES string of the molecule is Cl.Cl.NCc1cc(OCCN2CCOCC2)c2c(c1O)C(=O)c1ccccc1C2=O. The Labute approximate surface area is 187 Å². The average Bonchev–Trinajstić information content (AvgIpc) is 2.73. The van der Waals surface area contributed by atoms with E-state index >= 15 is 0 Å². The number of hydrogen-bond donors (Lipinski definition) is 2. The minimum atomic E-state index is -0.393. The van der Waals surface area contributed by atoms with Crippen molar-refractivity contribution in [2.45, 2.75) is 6.54 Å². The van der Waals surface area contributed by atoms with Crippen LogP contribution in [-0.4, -0.2) is 61.0 Å². The van der Waals surface area contributed by atoms with Crippen LogP contribution in [-0.2, 0) is 11.3 Å². The van der Waals surface area contributed by atoms with E-state index in [0.29, 0.717) is 37.5 Å². The first-order valence-electron chi connectivity index (χ1n) is 9.32. The molecule has 1 aliphatic heterocycles. The fourth-order valence-corrected chi connectivity index (χ4v) is 3.67. The third-order valence-corrected chi connectivity index (χ3v) is 5.20. The molecule has 0 bridgehead atoms. The number of ether oxygens (including phenoxy) is 2. The number of benzene rings is 2. The first-order valence-corrected chi connectivity index (χ1v) is 9.32. The van der Waals surface area contributed by atoms with Gasteiger partial charge < -0.3 is 20.3 Å². The van der Waals surface area contributed by atoms with Gasteiger partial charge in [-0.1, -0.05) is 24.3 Å². The second-order valence-electron chi connectivity index (χ2n) is 6.84. The number of nitrogens with zero attached hydrogens (tertiary/aromatic N) is 1. The lowest BCUT2D eigenvalue weighted by Gasteiger charge is -2.27. The van der Waals surface area contributed by atoms with Gasteiger partial charge in [-0.2, -0.15) is 0 Å². The van der Waals surface area contributed by atoms with Crippen molar-refractivity contribution in [3.05, 3.63) is 58.1 Å². The molecule has 3 N–H and O–H groups in total. The Morgan fingerprint density at radius 3 is 2.23 bits per heavy atom. The summed E-state index contributed by atoms with van der Waals surface area (Å²) in [6.07, 6.45) is 0. The van der Waals surface area contributed by atoms with Crippen molar-refractivity contribution in [2.24, 2.45) is 5.73 Å². The van der Waals surface area contributed by atoms with Crippen LogP contribution in [0.25, 0.3) is 0 Å². The lowest BCUT2D eigenvalue weighted by Crippen LogP contribution is -2.38. The maximum absolute atomic E-state index is 13.1. The third-order valence-electron chi connectivity index (χ3n) is 5.20. The van der Waals surface area contributed by atoms with E-state index in [9.17, 15) is 14.7 Å². The van der Waals surface area contributed by atoms with Gasteiger partial charge in [0, 0.05) is 42.9 Å². The number of ketones is 2. The van der Waals surface area contributed by atoms with Crippen molar-refractivity contribution in [3.63, 3.8) is 0 Å². The summed E-state index contributed by atoms with van der Waals surface area (Å²) in [4.78, 5) is 28.3. The van der Waals surface area contributed by atoms with E-state index in [4.69, 9.17) is 15.2 Å². The summed E-state index contributed by atoms with van der Waals surface area (Å²) in [6, 6.07) is 8.17. The van der Waals surface area contributed by atoms with Crippen molar-refractivity contribution in [3.8, 4) is 11.5 Å². The summed E-state index contributed by atoms with van der Waals surface area (Å²) in [5.41, 5.74) is 6.80. The average molecular weight is 455 g/mol. The highest BCUT2D eigenvalue weighted by atomic mass is 35.5. The number of rotatable bonds is 5. The van der Waals surface area contributed by atoms with Crippen LogP contribution in [0.2, 0.25) is 0 Å². The molecule has 1 fully saturated rings. The quantitative estimate of drug-likeness (QED) is 0.608. The molecule has 0 atom stereocenters. The van der Waals surface area contributed by atoms with E-state index in [2.05, 4.69) is 4.90 Å². The Morgan fingerprint density at radius 2 is 1.63 bits per heavy atom. The van der Waals surface area contributed by atoms with Crippen LogP contribution < -0.4 is 10.5 Å². The van der Waals surface area contributed by atoms with Crippen molar-refractivity contribution in [1.82, 2.24) is 4.90 Å². The van der Waals surface area contributed by atoms with Gasteiger partial charge in [0.15, 0.2) is 11.6 Å². The second-order valence-corrected chi connectivity index (χ2v) is 6.84. The fraction of sp³-hybridized carbons (Fsp3) is 0.333. The molecule has 30 heavy (non-hydrogen) atoms. The second kappa shape index (κ2) is 10.2. The molecule has 2 aliphatic rings. The van der Waals surface area contributed by atoms with Crippen molar-refractivity contribution < 1.29 is 24.2 Å². The van der Waals surface area contributed by atoms with Crippen molar-refractivity contribution in [1.29, 1.82) is 0 Å². The van der Waals surface area contributed by atoms with Crippen LogP contribution in [0.3, 0.4) is 0 Å². The zero-order chi connectivity index (χ0) is 19.7. The van der Waals surface area contributed by atoms with Gasteiger partial charge in [-0.3, -0.25) is 14.5 Å². The highest BCUT2D eigenvalue weighted by molar-refractivity contribution is 6.30. The molecular weight excluding hydrogens is 431 g/mol. The van der Waals surface area contributed by atoms with Gasteiger partial charge in [0.2, 0.25) is 0 Å². The molecule has 0 radical (unpaired) electrons. The van der Waals surface area contributed by atoms with Crippen LogP contribution >= 0.6 is 24.8 Å². The van der Waals surface area contributed by atoms with Crippen LogP contribution in [0.4, 0.5) is 0 Å². The Kier molecular flexibility index (Phi) is 8.23. The fourth-order valence-electron chi connectivity index (χ4n) is 3.67. The third kappa shape index (κ3) is 4.31. The Bertz CT molecular complexity index is 945. The van der Waals surface area contributed by atoms with E-state index in [1.165, 1.54) is 0 Å². The van der Waals surface area contributed by atoms with Crippen LogP contribution in [0.1, 0.15) is 37.4 Å². The first-order chi connectivity index (χ1) is 13.6. The first kappa shape index (κ1) is 24.1. The molecular formula is C21H24Cl2N2O5. The normalized spacial score (nSPS) is 15.5. The highest BCUT2D eigenvalue weighted by Crippen LogP contribution is 2.40. The van der Waals surface area contributed by atoms with Gasteiger partial charge in [0.25, 0.3) is 0 Å². The lowest BCUT2D eigenvalue weighted by molar-refractivity contribution is 0.0322. The number of halogens is 2. The molecule has 0 unspecified atom stereocenters. The topological polar surface area (TPSA) is 102 Å². The summed E-state index contributed by atoms with van der Waals surface area (Å²) >= 11 is 0. The molecule has 4 rings (SSSR count). The number of aromatic hydroxyl groups is 1. The van der Waals surface area contributed by atoms with Crippen LogP contribution in [0.5, 0.6) is 11.5 Å². The van der Waals surface area contributed by atoms with Gasteiger partial charge >= 0.3 is 0 Å². The Morgan fingerprint density at radius 1 is 1.03 bits per heavy atom. The van der Waals surface area contributed by atoms with E-state index in [1.807, 2.05) is 0 Å². The zero-order valence-electron chi connectivity index (χ0n) is 16.3. The predicted molar refractivity (Wildman–Crippen MR) is 117 cm³/mol. The molecule has 7 nitrogen and oxygen atoms in total. The molecule has 0 aromatic heterocycles.